The van der Waals surface area contributed by atoms with Gasteiger partial charge in [-0.1, -0.05) is 36.0 Å². The number of amides is 1. The second-order valence-electron chi connectivity index (χ2n) is 6.66. The van der Waals surface area contributed by atoms with Gasteiger partial charge in [0.05, 0.1) is 0 Å². The first-order chi connectivity index (χ1) is 13.5. The van der Waals surface area contributed by atoms with Crippen LogP contribution >= 0.6 is 24.0 Å². The number of thioether (sulfide) groups is 1. The molecule has 8 heteroatoms. The summed E-state index contributed by atoms with van der Waals surface area (Å²) in [5, 5.41) is 3.63. The number of aliphatic imine (C=N–C) groups is 1. The number of benzene rings is 2. The van der Waals surface area contributed by atoms with Crippen molar-refractivity contribution in [2.24, 2.45) is 10.9 Å². The van der Waals surface area contributed by atoms with Gasteiger partial charge in [-0.05, 0) is 30.4 Å². The number of fused-ring (bicyclic) bond motifs is 1. The van der Waals surface area contributed by atoms with Crippen molar-refractivity contribution < 1.29 is 18.3 Å². The van der Waals surface area contributed by atoms with Crippen molar-refractivity contribution >= 4 is 40.1 Å². The van der Waals surface area contributed by atoms with Crippen molar-refractivity contribution in [3.8, 4) is 0 Å². The van der Waals surface area contributed by atoms with Gasteiger partial charge >= 0.3 is 0 Å². The predicted octanol–water partition coefficient (Wildman–Crippen LogP) is 4.06. The van der Waals surface area contributed by atoms with Gasteiger partial charge in [-0.25, -0.2) is 13.8 Å². The van der Waals surface area contributed by atoms with Crippen molar-refractivity contribution in [1.82, 2.24) is 5.32 Å². The minimum atomic E-state index is -1.06. The number of rotatable bonds is 2. The van der Waals surface area contributed by atoms with Crippen molar-refractivity contribution in [3.05, 3.63) is 71.3 Å². The third kappa shape index (κ3) is 3.54. The zero-order valence-corrected chi connectivity index (χ0v) is 16.3. The number of thiocarbonyl (C=S) groups is 1. The van der Waals surface area contributed by atoms with Crippen LogP contribution in [-0.4, -0.2) is 28.5 Å². The van der Waals surface area contributed by atoms with Gasteiger partial charge in [0.2, 0.25) is 0 Å². The number of nitrogens with one attached hydrogen (secondary N) is 1. The summed E-state index contributed by atoms with van der Waals surface area (Å²) >= 11 is 6.57. The van der Waals surface area contributed by atoms with Crippen molar-refractivity contribution in [2.75, 3.05) is 12.4 Å². The highest BCUT2D eigenvalue weighted by Gasteiger charge is 2.49. The molecule has 2 aromatic carbocycles. The van der Waals surface area contributed by atoms with Gasteiger partial charge in [0.25, 0.3) is 5.91 Å². The molecule has 4 nitrogen and oxygen atoms in total. The quantitative estimate of drug-likeness (QED) is 0.748. The highest BCUT2D eigenvalue weighted by Crippen LogP contribution is 2.46. The molecule has 0 aromatic heterocycles. The van der Waals surface area contributed by atoms with Gasteiger partial charge in [-0.15, -0.1) is 0 Å². The molecule has 2 aliphatic heterocycles. The number of amidine groups is 1. The van der Waals surface area contributed by atoms with Crippen LogP contribution in [0.15, 0.2) is 53.5 Å². The molecule has 2 aromatic rings. The molecule has 4 rings (SSSR count). The zero-order chi connectivity index (χ0) is 19.7. The fourth-order valence-corrected chi connectivity index (χ4v) is 4.88. The lowest BCUT2D eigenvalue weighted by molar-refractivity contribution is 0.0973. The monoisotopic (exact) mass is 418 g/mol. The smallest absolute Gasteiger partial charge is 0.257 e. The molecule has 0 aliphatic carbocycles. The maximum atomic E-state index is 14.7. The SMILES string of the molecule is O=C(NC1=NC2(c3ccc(F)cc3F)COC(=S)CC2CS1)c1ccccc1. The van der Waals surface area contributed by atoms with E-state index in [2.05, 4.69) is 5.32 Å². The Labute approximate surface area is 170 Å². The first kappa shape index (κ1) is 19.0. The summed E-state index contributed by atoms with van der Waals surface area (Å²) in [5.74, 6) is -1.18. The summed E-state index contributed by atoms with van der Waals surface area (Å²) in [6.45, 7) is 0.0460. The molecule has 0 spiro atoms. The summed E-state index contributed by atoms with van der Waals surface area (Å²) in [6.07, 6.45) is 0.447. The summed E-state index contributed by atoms with van der Waals surface area (Å²) < 4.78 is 33.7. The van der Waals surface area contributed by atoms with Gasteiger partial charge in [-0.3, -0.25) is 4.79 Å². The fraction of sp³-hybridized carbons (Fsp3) is 0.250. The fourth-order valence-electron chi connectivity index (χ4n) is 3.47. The van der Waals surface area contributed by atoms with Crippen LogP contribution in [0.2, 0.25) is 0 Å². The molecule has 0 bridgehead atoms. The van der Waals surface area contributed by atoms with E-state index in [0.29, 0.717) is 28.0 Å². The molecule has 2 heterocycles. The molecule has 0 saturated carbocycles. The Bertz CT molecular complexity index is 968. The Morgan fingerprint density at radius 1 is 1.25 bits per heavy atom. The minimum Gasteiger partial charge on any atom is -0.484 e. The molecule has 2 atom stereocenters. The third-order valence-corrected chi connectivity index (χ3v) is 6.24. The molecule has 1 fully saturated rings. The molecular formula is C20H16F2N2O2S2. The van der Waals surface area contributed by atoms with Crippen LogP contribution in [0.25, 0.3) is 0 Å². The second kappa shape index (κ2) is 7.60. The molecule has 0 radical (unpaired) electrons. The lowest BCUT2D eigenvalue weighted by Gasteiger charge is -2.44. The van der Waals surface area contributed by atoms with E-state index >= 15 is 0 Å². The molecule has 2 unspecified atom stereocenters. The largest absolute Gasteiger partial charge is 0.484 e. The minimum absolute atomic E-state index is 0.0460. The second-order valence-corrected chi connectivity index (χ2v) is 8.12. The Balaban J connectivity index is 1.72. The van der Waals surface area contributed by atoms with Crippen molar-refractivity contribution in [3.63, 3.8) is 0 Å². The molecule has 1 N–H and O–H groups in total. The van der Waals surface area contributed by atoms with E-state index in [9.17, 15) is 13.6 Å². The number of carbonyl (C=O) groups is 1. The average Bonchev–Trinajstić information content (AvgIpc) is 2.69. The van der Waals surface area contributed by atoms with E-state index in [0.717, 1.165) is 6.07 Å². The number of hydrogen-bond donors (Lipinski definition) is 1. The van der Waals surface area contributed by atoms with Crippen LogP contribution in [0.3, 0.4) is 0 Å². The summed E-state index contributed by atoms with van der Waals surface area (Å²) in [4.78, 5) is 17.2. The Morgan fingerprint density at radius 3 is 2.79 bits per heavy atom. The van der Waals surface area contributed by atoms with E-state index < -0.39 is 17.2 Å². The first-order valence-electron chi connectivity index (χ1n) is 8.68. The molecule has 1 amide bonds. The molecular weight excluding hydrogens is 402 g/mol. The maximum Gasteiger partial charge on any atom is 0.257 e. The Kier molecular flexibility index (Phi) is 5.16. The highest BCUT2D eigenvalue weighted by atomic mass is 32.2. The Hall–Kier alpha value is -2.32. The molecule has 2 aliphatic rings. The number of ether oxygens (including phenoxy) is 1. The van der Waals surface area contributed by atoms with E-state index in [1.54, 1.807) is 24.3 Å². The van der Waals surface area contributed by atoms with Crippen molar-refractivity contribution in [2.45, 2.75) is 12.0 Å². The first-order valence-corrected chi connectivity index (χ1v) is 10.1. The molecule has 144 valence electrons. The zero-order valence-electron chi connectivity index (χ0n) is 14.7. The number of halogens is 2. The van der Waals surface area contributed by atoms with E-state index in [1.165, 1.54) is 23.9 Å². The van der Waals surface area contributed by atoms with E-state index in [1.807, 2.05) is 6.07 Å². The highest BCUT2D eigenvalue weighted by molar-refractivity contribution is 8.13. The summed E-state index contributed by atoms with van der Waals surface area (Å²) in [5.41, 5.74) is -0.325. The standard InChI is InChI=1S/C20H16F2N2O2S2/c21-14-6-7-15(16(22)9-14)20-11-26-17(27)8-13(20)10-28-19(24-20)23-18(25)12-4-2-1-3-5-12/h1-7,9,13H,8,10-11H2,(H,23,24,25). The van der Waals surface area contributed by atoms with Gasteiger partial charge in [0, 0.05) is 35.3 Å². The maximum absolute atomic E-state index is 14.7. The van der Waals surface area contributed by atoms with Crippen LogP contribution in [0.5, 0.6) is 0 Å². The van der Waals surface area contributed by atoms with Gasteiger partial charge in [0.15, 0.2) is 10.2 Å². The third-order valence-electron chi connectivity index (χ3n) is 4.92. The average molecular weight is 418 g/mol. The van der Waals surface area contributed by atoms with Crippen LogP contribution in [0, 0.1) is 17.6 Å². The topological polar surface area (TPSA) is 50.7 Å². The van der Waals surface area contributed by atoms with Gasteiger partial charge in [0.1, 0.15) is 23.8 Å². The van der Waals surface area contributed by atoms with E-state index in [4.69, 9.17) is 21.9 Å². The predicted molar refractivity (Wildman–Crippen MR) is 108 cm³/mol. The molecule has 28 heavy (non-hydrogen) atoms. The van der Waals surface area contributed by atoms with Crippen LogP contribution in [-0.2, 0) is 10.3 Å². The molecule has 1 saturated heterocycles. The normalized spacial score (nSPS) is 24.0. The lowest BCUT2D eigenvalue weighted by Crippen LogP contribution is -2.50. The summed E-state index contributed by atoms with van der Waals surface area (Å²) in [7, 11) is 0. The number of nitrogens with zero attached hydrogens (tertiary/aromatic N) is 1. The lowest BCUT2D eigenvalue weighted by atomic mass is 9.76. The number of carbonyl (C=O) groups excluding carboxylic acids is 1. The van der Waals surface area contributed by atoms with Crippen LogP contribution in [0.4, 0.5) is 8.78 Å². The van der Waals surface area contributed by atoms with Crippen molar-refractivity contribution in [1.29, 1.82) is 0 Å². The van der Waals surface area contributed by atoms with Crippen LogP contribution < -0.4 is 5.32 Å². The van der Waals surface area contributed by atoms with E-state index in [-0.39, 0.29) is 24.0 Å². The van der Waals surface area contributed by atoms with Crippen LogP contribution in [0.1, 0.15) is 22.3 Å². The number of hydrogen-bond acceptors (Lipinski definition) is 5. The summed E-state index contributed by atoms with van der Waals surface area (Å²) in [6, 6.07) is 12.2. The Morgan fingerprint density at radius 2 is 2.04 bits per heavy atom. The van der Waals surface area contributed by atoms with Gasteiger partial charge in [-0.2, -0.15) is 0 Å². The van der Waals surface area contributed by atoms with Gasteiger partial charge < -0.3 is 10.1 Å².